The number of alkyl halides is 3. The molecule has 0 aliphatic carbocycles. The summed E-state index contributed by atoms with van der Waals surface area (Å²) in [5, 5.41) is 9.02. The maximum absolute atomic E-state index is 13.4. The maximum Gasteiger partial charge on any atom is 0.416 e. The molecule has 18 heavy (non-hydrogen) atoms. The van der Waals surface area contributed by atoms with E-state index in [1.54, 1.807) is 6.07 Å². The summed E-state index contributed by atoms with van der Waals surface area (Å²) >= 11 is 0. The molecule has 96 valence electrons. The molecule has 0 fully saturated rings. The van der Waals surface area contributed by atoms with Crippen LogP contribution in [0.25, 0.3) is 0 Å². The van der Waals surface area contributed by atoms with Gasteiger partial charge in [-0.15, -0.1) is 0 Å². The Morgan fingerprint density at radius 1 is 1.22 bits per heavy atom. The minimum atomic E-state index is -4.54. The SMILES string of the molecule is Fc1cc(C(F)(F)F)ccc1NCc1ccn[nH]1. The second-order valence-corrected chi connectivity index (χ2v) is 3.63. The lowest BCUT2D eigenvalue weighted by atomic mass is 10.2. The average molecular weight is 259 g/mol. The number of rotatable bonds is 3. The van der Waals surface area contributed by atoms with Crippen LogP contribution in [-0.4, -0.2) is 10.2 Å². The summed E-state index contributed by atoms with van der Waals surface area (Å²) in [5.41, 5.74) is -0.293. The normalized spacial score (nSPS) is 11.6. The van der Waals surface area contributed by atoms with Crippen molar-refractivity contribution in [3.63, 3.8) is 0 Å². The van der Waals surface area contributed by atoms with E-state index in [0.717, 1.165) is 12.1 Å². The predicted octanol–water partition coefficient (Wildman–Crippen LogP) is 3.18. The summed E-state index contributed by atoms with van der Waals surface area (Å²) in [5.74, 6) is -0.940. The van der Waals surface area contributed by atoms with Crippen LogP contribution in [0, 0.1) is 5.82 Å². The summed E-state index contributed by atoms with van der Waals surface area (Å²) in [6.45, 7) is 0.252. The topological polar surface area (TPSA) is 40.7 Å². The number of H-pyrrole nitrogens is 1. The van der Waals surface area contributed by atoms with Crippen molar-refractivity contribution in [3.8, 4) is 0 Å². The van der Waals surface area contributed by atoms with Crippen molar-refractivity contribution in [3.05, 3.63) is 47.5 Å². The van der Waals surface area contributed by atoms with E-state index in [2.05, 4.69) is 15.5 Å². The van der Waals surface area contributed by atoms with Crippen LogP contribution < -0.4 is 5.32 Å². The van der Waals surface area contributed by atoms with Gasteiger partial charge in [-0.05, 0) is 24.3 Å². The van der Waals surface area contributed by atoms with Crippen LogP contribution in [0.4, 0.5) is 23.2 Å². The molecule has 0 aliphatic heterocycles. The Balaban J connectivity index is 2.10. The zero-order valence-corrected chi connectivity index (χ0v) is 9.05. The van der Waals surface area contributed by atoms with E-state index in [-0.39, 0.29) is 12.2 Å². The molecule has 1 aromatic heterocycles. The first-order valence-corrected chi connectivity index (χ1v) is 5.05. The Morgan fingerprint density at radius 2 is 2.00 bits per heavy atom. The van der Waals surface area contributed by atoms with Crippen molar-refractivity contribution in [2.75, 3.05) is 5.32 Å². The molecule has 0 bridgehead atoms. The second kappa shape index (κ2) is 4.67. The van der Waals surface area contributed by atoms with Gasteiger partial charge < -0.3 is 5.32 Å². The van der Waals surface area contributed by atoms with Crippen LogP contribution >= 0.6 is 0 Å². The van der Waals surface area contributed by atoms with Gasteiger partial charge in [0.05, 0.1) is 23.5 Å². The minimum Gasteiger partial charge on any atom is -0.377 e. The van der Waals surface area contributed by atoms with E-state index in [4.69, 9.17) is 0 Å². The van der Waals surface area contributed by atoms with E-state index in [1.165, 1.54) is 6.20 Å². The Bertz CT molecular complexity index is 520. The van der Waals surface area contributed by atoms with Crippen molar-refractivity contribution in [2.24, 2.45) is 0 Å². The largest absolute Gasteiger partial charge is 0.416 e. The lowest BCUT2D eigenvalue weighted by Crippen LogP contribution is -2.07. The smallest absolute Gasteiger partial charge is 0.377 e. The highest BCUT2D eigenvalue weighted by atomic mass is 19.4. The molecular formula is C11H9F4N3. The van der Waals surface area contributed by atoms with Gasteiger partial charge in [-0.25, -0.2) is 4.39 Å². The predicted molar refractivity (Wildman–Crippen MR) is 57.3 cm³/mol. The monoisotopic (exact) mass is 259 g/mol. The second-order valence-electron chi connectivity index (χ2n) is 3.63. The molecule has 0 aliphatic rings. The Kier molecular flexibility index (Phi) is 3.22. The van der Waals surface area contributed by atoms with Gasteiger partial charge >= 0.3 is 6.18 Å². The highest BCUT2D eigenvalue weighted by Crippen LogP contribution is 2.31. The molecule has 0 amide bonds. The van der Waals surface area contributed by atoms with E-state index in [1.807, 2.05) is 0 Å². The molecule has 2 N–H and O–H groups in total. The Hall–Kier alpha value is -2.05. The first-order valence-electron chi connectivity index (χ1n) is 5.05. The van der Waals surface area contributed by atoms with Gasteiger partial charge in [0.1, 0.15) is 5.82 Å². The first kappa shape index (κ1) is 12.4. The number of aromatic amines is 1. The number of halogens is 4. The first-order chi connectivity index (χ1) is 8.47. The van der Waals surface area contributed by atoms with E-state index < -0.39 is 17.6 Å². The van der Waals surface area contributed by atoms with Gasteiger partial charge in [0.2, 0.25) is 0 Å². The molecule has 0 spiro atoms. The maximum atomic E-state index is 13.4. The molecule has 2 rings (SSSR count). The average Bonchev–Trinajstić information content (AvgIpc) is 2.79. The summed E-state index contributed by atoms with van der Waals surface area (Å²) in [7, 11) is 0. The number of aromatic nitrogens is 2. The van der Waals surface area contributed by atoms with Gasteiger partial charge in [-0.3, -0.25) is 5.10 Å². The number of hydrogen-bond acceptors (Lipinski definition) is 2. The number of hydrogen-bond donors (Lipinski definition) is 2. The van der Waals surface area contributed by atoms with Gasteiger partial charge in [-0.1, -0.05) is 0 Å². The number of nitrogens with one attached hydrogen (secondary N) is 2. The minimum absolute atomic E-state index is 0.0117. The van der Waals surface area contributed by atoms with E-state index in [0.29, 0.717) is 11.8 Å². The lowest BCUT2D eigenvalue weighted by Gasteiger charge is -2.10. The Labute approximate surface area is 99.8 Å². The number of anilines is 1. The summed E-state index contributed by atoms with van der Waals surface area (Å²) in [4.78, 5) is 0. The Morgan fingerprint density at radius 3 is 2.56 bits per heavy atom. The zero-order valence-electron chi connectivity index (χ0n) is 9.05. The molecule has 0 saturated heterocycles. The van der Waals surface area contributed by atoms with Crippen LogP contribution in [0.15, 0.2) is 30.5 Å². The summed E-state index contributed by atoms with van der Waals surface area (Å²) < 4.78 is 50.3. The molecule has 0 atom stereocenters. The van der Waals surface area contributed by atoms with Gasteiger partial charge in [0.15, 0.2) is 0 Å². The fraction of sp³-hybridized carbons (Fsp3) is 0.182. The van der Waals surface area contributed by atoms with Gasteiger partial charge in [-0.2, -0.15) is 18.3 Å². The molecule has 0 unspecified atom stereocenters. The van der Waals surface area contributed by atoms with Crippen LogP contribution in [0.2, 0.25) is 0 Å². The van der Waals surface area contributed by atoms with Crippen LogP contribution in [-0.2, 0) is 12.7 Å². The van der Waals surface area contributed by atoms with Crippen molar-refractivity contribution in [2.45, 2.75) is 12.7 Å². The summed E-state index contributed by atoms with van der Waals surface area (Å²) in [6, 6.07) is 4.04. The molecule has 1 heterocycles. The fourth-order valence-corrected chi connectivity index (χ4v) is 1.41. The highest BCUT2D eigenvalue weighted by Gasteiger charge is 2.31. The van der Waals surface area contributed by atoms with Gasteiger partial charge in [0.25, 0.3) is 0 Å². The van der Waals surface area contributed by atoms with Crippen LogP contribution in [0.5, 0.6) is 0 Å². The fourth-order valence-electron chi connectivity index (χ4n) is 1.41. The van der Waals surface area contributed by atoms with Crippen molar-refractivity contribution in [1.29, 1.82) is 0 Å². The van der Waals surface area contributed by atoms with Crippen molar-refractivity contribution in [1.82, 2.24) is 10.2 Å². The molecule has 2 aromatic rings. The molecular weight excluding hydrogens is 250 g/mol. The van der Waals surface area contributed by atoms with Crippen LogP contribution in [0.3, 0.4) is 0 Å². The molecule has 0 saturated carbocycles. The third kappa shape index (κ3) is 2.79. The van der Waals surface area contributed by atoms with Crippen molar-refractivity contribution < 1.29 is 17.6 Å². The quantitative estimate of drug-likeness (QED) is 0.831. The highest BCUT2D eigenvalue weighted by molar-refractivity contribution is 5.47. The van der Waals surface area contributed by atoms with Crippen LogP contribution in [0.1, 0.15) is 11.3 Å². The molecule has 0 radical (unpaired) electrons. The number of benzene rings is 1. The molecule has 3 nitrogen and oxygen atoms in total. The van der Waals surface area contributed by atoms with E-state index >= 15 is 0 Å². The third-order valence-electron chi connectivity index (χ3n) is 2.32. The molecule has 7 heteroatoms. The standard InChI is InChI=1S/C11H9F4N3/c12-9-5-7(11(13,14)15)1-2-10(9)16-6-8-3-4-17-18-8/h1-5,16H,6H2,(H,17,18). The third-order valence-corrected chi connectivity index (χ3v) is 2.32. The van der Waals surface area contributed by atoms with Crippen molar-refractivity contribution >= 4 is 5.69 Å². The molecule has 1 aromatic carbocycles. The lowest BCUT2D eigenvalue weighted by molar-refractivity contribution is -0.137. The van der Waals surface area contributed by atoms with Gasteiger partial charge in [0, 0.05) is 6.20 Å². The zero-order chi connectivity index (χ0) is 13.2. The number of nitrogens with zero attached hydrogens (tertiary/aromatic N) is 1. The summed E-state index contributed by atoms with van der Waals surface area (Å²) in [6.07, 6.45) is -3.01. The van der Waals surface area contributed by atoms with E-state index in [9.17, 15) is 17.6 Å².